The molecule has 0 spiro atoms. The van der Waals surface area contributed by atoms with Crippen molar-refractivity contribution < 1.29 is 11.0 Å². The van der Waals surface area contributed by atoms with Crippen LogP contribution < -0.4 is 20.9 Å². The van der Waals surface area contributed by atoms with Crippen molar-refractivity contribution in [3.63, 3.8) is 0 Å². The van der Waals surface area contributed by atoms with E-state index in [1.54, 1.807) is 15.7 Å². The van der Waals surface area contributed by atoms with Gasteiger partial charge in [0.2, 0.25) is 5.91 Å². The molecule has 1 N–H and O–H groups in total. The third-order valence-electron chi connectivity index (χ3n) is 8.97. The zero-order valence-electron chi connectivity index (χ0n) is 25.2. The van der Waals surface area contributed by atoms with Gasteiger partial charge in [0.1, 0.15) is 12.4 Å². The summed E-state index contributed by atoms with van der Waals surface area (Å²) >= 11 is 0. The third kappa shape index (κ3) is 4.79. The highest BCUT2D eigenvalue weighted by Crippen LogP contribution is 2.44. The number of piperazine rings is 1. The van der Waals surface area contributed by atoms with Gasteiger partial charge in [-0.05, 0) is 62.2 Å². The first-order valence-electron chi connectivity index (χ1n) is 15.0. The van der Waals surface area contributed by atoms with Crippen LogP contribution in [0.1, 0.15) is 33.8 Å². The molecule has 1 unspecified atom stereocenters. The number of fused-ring (bicyclic) bond motifs is 1. The Kier molecular flexibility index (Phi) is 7.56. The minimum atomic E-state index is -0.328. The van der Waals surface area contributed by atoms with Crippen LogP contribution in [-0.2, 0) is 4.79 Å². The predicted molar refractivity (Wildman–Crippen MR) is 172 cm³/mol. The molecule has 2 aromatic heterocycles. The highest BCUT2D eigenvalue weighted by molar-refractivity contribution is 6.05. The monoisotopic (exact) mass is 584 g/mol. The average molecular weight is 585 g/mol. The van der Waals surface area contributed by atoms with Crippen LogP contribution in [0.25, 0.3) is 32.8 Å². The van der Waals surface area contributed by atoms with E-state index in [-0.39, 0.29) is 30.7 Å². The van der Waals surface area contributed by atoms with Gasteiger partial charge in [-0.2, -0.15) is 4.98 Å². The van der Waals surface area contributed by atoms with Crippen LogP contribution in [0.3, 0.4) is 0 Å². The minimum Gasteiger partial charge on any atom is -0.488 e. The largest absolute Gasteiger partial charge is 0.488 e. The molecule has 2 aliphatic heterocycles. The van der Waals surface area contributed by atoms with Gasteiger partial charge in [0.05, 0.1) is 16.9 Å². The minimum absolute atomic E-state index is 0. The average Bonchev–Trinajstić information content (AvgIpc) is 3.01. The summed E-state index contributed by atoms with van der Waals surface area (Å²) in [7, 11) is 0. The molecule has 2 aliphatic rings. The number of carbonyl (C=O) groups is 1. The smallest absolute Gasteiger partial charge is 0.350 e. The lowest BCUT2D eigenvalue weighted by Crippen LogP contribution is -2.54. The molecule has 10 heteroatoms. The first-order chi connectivity index (χ1) is 20.8. The molecular formula is C33H40N6O4. The third-order valence-corrected chi connectivity index (χ3v) is 8.97. The molecule has 1 fully saturated rings. The van der Waals surface area contributed by atoms with Gasteiger partial charge in [0, 0.05) is 56.4 Å². The van der Waals surface area contributed by atoms with E-state index in [4.69, 9.17) is 4.74 Å². The Morgan fingerprint density at radius 2 is 1.98 bits per heavy atom. The summed E-state index contributed by atoms with van der Waals surface area (Å²) in [6, 6.07) is 9.54. The fourth-order valence-corrected chi connectivity index (χ4v) is 6.69. The van der Waals surface area contributed by atoms with Gasteiger partial charge in [0.25, 0.3) is 5.56 Å². The fourth-order valence-electron chi connectivity index (χ4n) is 6.69. The molecule has 4 heterocycles. The number of aromatic amines is 1. The van der Waals surface area contributed by atoms with Crippen molar-refractivity contribution in [2.24, 2.45) is 0 Å². The van der Waals surface area contributed by atoms with Gasteiger partial charge < -0.3 is 24.4 Å². The molecule has 1 saturated heterocycles. The van der Waals surface area contributed by atoms with E-state index in [1.807, 2.05) is 44.2 Å². The molecule has 226 valence electrons. The summed E-state index contributed by atoms with van der Waals surface area (Å²) in [6.07, 6.45) is 2.99. The zero-order chi connectivity index (χ0) is 30.4. The second-order valence-corrected chi connectivity index (χ2v) is 11.4. The number of rotatable bonds is 7. The van der Waals surface area contributed by atoms with Gasteiger partial charge in [0.15, 0.2) is 5.75 Å². The molecule has 1 amide bonds. The first kappa shape index (κ1) is 28.7. The molecule has 2 atom stereocenters. The molecule has 10 nitrogen and oxygen atoms in total. The maximum atomic E-state index is 14.0. The van der Waals surface area contributed by atoms with Gasteiger partial charge in [-0.3, -0.25) is 14.2 Å². The standard InChI is InChI=1S/C33H38N6O4.H2/c1-6-26(40)37-15-16-38(21(5)17-37)31-25-12-11-24(27-20(4)9-10-22-13-14-34-32(41)28(22)27)30-29(25)39(33(42)35-31)23(19-43-30)18-36(7-2)8-3;/h6,9-14,21,23H,1,7-8,15-19H2,2-5H3,(H,34,41);1H/t21-,23?;/m0./s1. The van der Waals surface area contributed by atoms with Crippen molar-refractivity contribution in [3.05, 3.63) is 75.6 Å². The van der Waals surface area contributed by atoms with Crippen LogP contribution in [0.15, 0.2) is 58.8 Å². The number of aryl methyl sites for hydroxylation is 1. The van der Waals surface area contributed by atoms with E-state index >= 15 is 0 Å². The Bertz CT molecular complexity index is 1860. The number of carbonyl (C=O) groups excluding carboxylic acids is 1. The number of aromatic nitrogens is 3. The number of ether oxygens (including phenoxy) is 1. The van der Waals surface area contributed by atoms with E-state index in [0.717, 1.165) is 40.6 Å². The molecule has 0 bridgehead atoms. The van der Waals surface area contributed by atoms with Crippen LogP contribution in [0.2, 0.25) is 0 Å². The molecule has 0 radical (unpaired) electrons. The second-order valence-electron chi connectivity index (χ2n) is 11.4. The van der Waals surface area contributed by atoms with Crippen LogP contribution in [0, 0.1) is 6.92 Å². The molecule has 0 saturated carbocycles. The highest BCUT2D eigenvalue weighted by atomic mass is 16.5. The topological polar surface area (TPSA) is 104 Å². The Labute approximate surface area is 251 Å². The Morgan fingerprint density at radius 1 is 1.19 bits per heavy atom. The normalized spacial score (nSPS) is 18.3. The van der Waals surface area contributed by atoms with Crippen molar-refractivity contribution in [3.8, 4) is 16.9 Å². The number of pyridine rings is 1. The number of hydrogen-bond acceptors (Lipinski definition) is 7. The van der Waals surface area contributed by atoms with Crippen molar-refractivity contribution >= 4 is 33.4 Å². The van der Waals surface area contributed by atoms with E-state index in [1.165, 1.54) is 6.08 Å². The number of anilines is 1. The number of amides is 1. The summed E-state index contributed by atoms with van der Waals surface area (Å²) in [6.45, 7) is 16.1. The van der Waals surface area contributed by atoms with Gasteiger partial charge in [-0.15, -0.1) is 0 Å². The second kappa shape index (κ2) is 11.3. The Hall–Kier alpha value is -4.44. The van der Waals surface area contributed by atoms with Crippen LogP contribution in [-0.4, -0.2) is 82.2 Å². The summed E-state index contributed by atoms with van der Waals surface area (Å²) in [4.78, 5) is 53.2. The lowest BCUT2D eigenvalue weighted by molar-refractivity contribution is -0.126. The number of nitrogens with one attached hydrogen (secondary N) is 1. The van der Waals surface area contributed by atoms with Crippen LogP contribution in [0.4, 0.5) is 5.82 Å². The van der Waals surface area contributed by atoms with E-state index in [2.05, 4.69) is 40.2 Å². The van der Waals surface area contributed by atoms with Crippen molar-refractivity contribution in [1.82, 2.24) is 24.3 Å². The fraction of sp³-hybridized carbons (Fsp3) is 0.394. The van der Waals surface area contributed by atoms with Crippen molar-refractivity contribution in [2.75, 3.05) is 50.8 Å². The molecule has 6 rings (SSSR count). The van der Waals surface area contributed by atoms with Gasteiger partial charge in [-0.1, -0.05) is 32.6 Å². The summed E-state index contributed by atoms with van der Waals surface area (Å²) in [5.74, 6) is 1.07. The van der Waals surface area contributed by atoms with Crippen LogP contribution in [0.5, 0.6) is 5.75 Å². The van der Waals surface area contributed by atoms with Crippen molar-refractivity contribution in [1.29, 1.82) is 0 Å². The lowest BCUT2D eigenvalue weighted by atomic mass is 9.92. The molecule has 2 aromatic carbocycles. The van der Waals surface area contributed by atoms with Crippen LogP contribution >= 0.6 is 0 Å². The summed E-state index contributed by atoms with van der Waals surface area (Å²) in [5.41, 5.74) is 2.69. The number of nitrogens with zero attached hydrogens (tertiary/aromatic N) is 5. The number of H-pyrrole nitrogens is 1. The quantitative estimate of drug-likeness (QED) is 0.328. The maximum Gasteiger partial charge on any atom is 0.350 e. The van der Waals surface area contributed by atoms with E-state index < -0.39 is 0 Å². The van der Waals surface area contributed by atoms with E-state index in [9.17, 15) is 14.4 Å². The Balaban J connectivity index is 0.00000384. The number of hydrogen-bond donors (Lipinski definition) is 1. The lowest BCUT2D eigenvalue weighted by Gasteiger charge is -2.41. The zero-order valence-corrected chi connectivity index (χ0v) is 25.2. The maximum absolute atomic E-state index is 14.0. The van der Waals surface area contributed by atoms with E-state index in [0.29, 0.717) is 55.3 Å². The number of benzene rings is 2. The first-order valence-corrected chi connectivity index (χ1v) is 15.0. The highest BCUT2D eigenvalue weighted by Gasteiger charge is 2.34. The summed E-state index contributed by atoms with van der Waals surface area (Å²) in [5, 5.41) is 2.23. The molecule has 43 heavy (non-hydrogen) atoms. The van der Waals surface area contributed by atoms with Crippen molar-refractivity contribution in [2.45, 2.75) is 39.8 Å². The molecular weight excluding hydrogens is 544 g/mol. The van der Waals surface area contributed by atoms with Gasteiger partial charge >= 0.3 is 5.69 Å². The summed E-state index contributed by atoms with van der Waals surface area (Å²) < 4.78 is 8.40. The predicted octanol–water partition coefficient (Wildman–Crippen LogP) is 3.96. The molecule has 0 aliphatic carbocycles. The van der Waals surface area contributed by atoms with Gasteiger partial charge in [-0.25, -0.2) is 4.79 Å². The SMILES string of the molecule is C=CC(=O)N1CCN(c2nc(=O)n3c4c(c(-c5c(C)ccc6cc[nH]c(=O)c56)ccc24)OCC3CN(CC)CC)[C@@H](C)C1.[HH]. The number of likely N-dealkylation sites (N-methyl/N-ethyl adjacent to an activating group) is 1. The Morgan fingerprint density at radius 3 is 2.70 bits per heavy atom. The molecule has 4 aromatic rings.